The molecule has 0 spiro atoms. The molecule has 0 aliphatic carbocycles. The van der Waals surface area contributed by atoms with Gasteiger partial charge in [0.05, 0.1) is 12.2 Å². The first kappa shape index (κ1) is 17.5. The fourth-order valence-electron chi connectivity index (χ4n) is 2.68. The topological polar surface area (TPSA) is 91.7 Å². The summed E-state index contributed by atoms with van der Waals surface area (Å²) in [6, 6.07) is 9.82. The summed E-state index contributed by atoms with van der Waals surface area (Å²) in [4.78, 5) is 46.6. The molecule has 0 unspecified atom stereocenters. The van der Waals surface area contributed by atoms with Crippen LogP contribution in [0.1, 0.15) is 18.1 Å². The molecule has 3 rings (SSSR count). The monoisotopic (exact) mass is 350 g/mol. The smallest absolute Gasteiger partial charge is 0.288 e. The molecule has 132 valence electrons. The van der Waals surface area contributed by atoms with Gasteiger partial charge in [0.1, 0.15) is 0 Å². The van der Waals surface area contributed by atoms with Crippen LogP contribution in [-0.2, 0) is 16.1 Å². The Balaban J connectivity index is 1.86. The average Bonchev–Trinajstić information content (AvgIpc) is 2.62. The first-order valence-corrected chi connectivity index (χ1v) is 8.12. The van der Waals surface area contributed by atoms with Crippen LogP contribution in [0.15, 0.2) is 53.8 Å². The Bertz CT molecular complexity index is 875. The van der Waals surface area contributed by atoms with E-state index in [-0.39, 0.29) is 0 Å². The predicted octanol–water partition coefficient (Wildman–Crippen LogP) is 2.25. The first-order valence-electron chi connectivity index (χ1n) is 8.12. The van der Waals surface area contributed by atoms with Gasteiger partial charge in [0.25, 0.3) is 5.91 Å². The number of hydrogen-bond acceptors (Lipinski definition) is 5. The van der Waals surface area contributed by atoms with Crippen LogP contribution >= 0.6 is 0 Å². The number of carbonyl (C=O) groups is 3. The fraction of sp³-hybridized carbons (Fsp3) is 0.211. The Labute approximate surface area is 150 Å². The minimum Gasteiger partial charge on any atom is -0.288 e. The van der Waals surface area contributed by atoms with Crippen LogP contribution in [0.3, 0.4) is 0 Å². The number of pyridine rings is 1. The SMILES string of the molecule is CC(=NCc1cccnc1)[C@@H]1C(=O)NC(=O)N(c2ccc(C)cc2)C1=O. The van der Waals surface area contributed by atoms with Crippen molar-refractivity contribution >= 4 is 29.2 Å². The van der Waals surface area contributed by atoms with Gasteiger partial charge in [0.2, 0.25) is 5.91 Å². The van der Waals surface area contributed by atoms with E-state index in [0.29, 0.717) is 17.9 Å². The zero-order valence-electron chi connectivity index (χ0n) is 14.5. The summed E-state index contributed by atoms with van der Waals surface area (Å²) in [5.41, 5.74) is 2.62. The minimum absolute atomic E-state index is 0.301. The molecule has 1 aromatic carbocycles. The molecule has 26 heavy (non-hydrogen) atoms. The molecule has 2 heterocycles. The van der Waals surface area contributed by atoms with E-state index in [1.807, 2.05) is 13.0 Å². The van der Waals surface area contributed by atoms with Crippen LogP contribution in [0.4, 0.5) is 10.5 Å². The molecule has 1 aliphatic rings. The molecule has 2 aromatic rings. The molecule has 7 nitrogen and oxygen atoms in total. The molecule has 1 fully saturated rings. The number of aliphatic imine (C=N–C) groups is 1. The van der Waals surface area contributed by atoms with E-state index in [1.165, 1.54) is 0 Å². The van der Waals surface area contributed by atoms with Gasteiger partial charge in [-0.3, -0.25) is 24.9 Å². The Hall–Kier alpha value is -3.35. The van der Waals surface area contributed by atoms with Gasteiger partial charge in [-0.15, -0.1) is 0 Å². The zero-order valence-corrected chi connectivity index (χ0v) is 14.5. The maximum Gasteiger partial charge on any atom is 0.335 e. The lowest BCUT2D eigenvalue weighted by atomic mass is 9.99. The highest BCUT2D eigenvalue weighted by molar-refractivity contribution is 6.35. The van der Waals surface area contributed by atoms with E-state index in [9.17, 15) is 14.4 Å². The normalized spacial score (nSPS) is 18.1. The number of nitrogens with zero attached hydrogens (tertiary/aromatic N) is 3. The summed E-state index contributed by atoms with van der Waals surface area (Å²) in [5, 5.41) is 2.24. The molecule has 7 heteroatoms. The Morgan fingerprint density at radius 1 is 1.19 bits per heavy atom. The van der Waals surface area contributed by atoms with Crippen LogP contribution < -0.4 is 10.2 Å². The summed E-state index contributed by atoms with van der Waals surface area (Å²) in [6.45, 7) is 3.82. The molecule has 1 saturated heterocycles. The van der Waals surface area contributed by atoms with Gasteiger partial charge in [-0.2, -0.15) is 0 Å². The van der Waals surface area contributed by atoms with Crippen LogP contribution in [0.2, 0.25) is 0 Å². The second-order valence-electron chi connectivity index (χ2n) is 6.06. The molecule has 1 aliphatic heterocycles. The van der Waals surface area contributed by atoms with E-state index >= 15 is 0 Å². The van der Waals surface area contributed by atoms with E-state index in [0.717, 1.165) is 16.0 Å². The Kier molecular flexibility index (Phi) is 4.88. The summed E-state index contributed by atoms with van der Waals surface area (Å²) >= 11 is 0. The number of benzene rings is 1. The molecule has 0 saturated carbocycles. The fourth-order valence-corrected chi connectivity index (χ4v) is 2.68. The number of barbiturate groups is 1. The highest BCUT2D eigenvalue weighted by Gasteiger charge is 2.42. The second-order valence-corrected chi connectivity index (χ2v) is 6.06. The van der Waals surface area contributed by atoms with Crippen LogP contribution in [0.25, 0.3) is 0 Å². The number of nitrogens with one attached hydrogen (secondary N) is 1. The van der Waals surface area contributed by atoms with Crippen molar-refractivity contribution in [1.29, 1.82) is 0 Å². The van der Waals surface area contributed by atoms with Crippen LogP contribution in [-0.4, -0.2) is 28.5 Å². The predicted molar refractivity (Wildman–Crippen MR) is 96.7 cm³/mol. The lowest BCUT2D eigenvalue weighted by Crippen LogP contribution is -2.60. The lowest BCUT2D eigenvalue weighted by molar-refractivity contribution is -0.131. The molecule has 4 amide bonds. The maximum absolute atomic E-state index is 12.8. The quantitative estimate of drug-likeness (QED) is 0.676. The number of aryl methyl sites for hydroxylation is 1. The van der Waals surface area contributed by atoms with Crippen LogP contribution in [0.5, 0.6) is 0 Å². The van der Waals surface area contributed by atoms with Crippen molar-refractivity contribution in [2.75, 3.05) is 4.90 Å². The molecule has 1 aromatic heterocycles. The number of amides is 4. The number of anilines is 1. The Morgan fingerprint density at radius 2 is 1.92 bits per heavy atom. The van der Waals surface area contributed by atoms with Gasteiger partial charge >= 0.3 is 6.03 Å². The van der Waals surface area contributed by atoms with Gasteiger partial charge in [-0.1, -0.05) is 23.8 Å². The van der Waals surface area contributed by atoms with Gasteiger partial charge in [-0.05, 0) is 37.6 Å². The second kappa shape index (κ2) is 7.26. The number of imide groups is 2. The van der Waals surface area contributed by atoms with Crippen molar-refractivity contribution in [3.63, 3.8) is 0 Å². The number of carbonyl (C=O) groups excluding carboxylic acids is 3. The molecular weight excluding hydrogens is 332 g/mol. The van der Waals surface area contributed by atoms with E-state index in [4.69, 9.17) is 0 Å². The largest absolute Gasteiger partial charge is 0.335 e. The minimum atomic E-state index is -1.13. The van der Waals surface area contributed by atoms with E-state index in [2.05, 4.69) is 15.3 Å². The standard InChI is InChI=1S/C19H18N4O3/c1-12-5-7-15(8-6-12)23-18(25)16(17(24)22-19(23)26)13(2)21-11-14-4-3-9-20-10-14/h3-10,16H,11H2,1-2H3,(H,22,24,26)/t16-/m1/s1. The molecular formula is C19H18N4O3. The summed E-state index contributed by atoms with van der Waals surface area (Å²) in [5.74, 6) is -2.39. The van der Waals surface area contributed by atoms with Crippen molar-refractivity contribution in [3.8, 4) is 0 Å². The maximum atomic E-state index is 12.8. The average molecular weight is 350 g/mol. The van der Waals surface area contributed by atoms with E-state index < -0.39 is 23.8 Å². The number of urea groups is 1. The zero-order chi connectivity index (χ0) is 18.7. The van der Waals surface area contributed by atoms with Gasteiger partial charge < -0.3 is 0 Å². The third kappa shape index (κ3) is 3.51. The lowest BCUT2D eigenvalue weighted by Gasteiger charge is -2.30. The van der Waals surface area contributed by atoms with Crippen molar-refractivity contribution in [2.24, 2.45) is 10.9 Å². The van der Waals surface area contributed by atoms with Crippen molar-refractivity contribution in [1.82, 2.24) is 10.3 Å². The molecule has 1 atom stereocenters. The van der Waals surface area contributed by atoms with Gasteiger partial charge in [0.15, 0.2) is 5.92 Å². The van der Waals surface area contributed by atoms with Crippen molar-refractivity contribution < 1.29 is 14.4 Å². The van der Waals surface area contributed by atoms with Crippen molar-refractivity contribution in [3.05, 3.63) is 59.9 Å². The van der Waals surface area contributed by atoms with Gasteiger partial charge in [-0.25, -0.2) is 9.69 Å². The highest BCUT2D eigenvalue weighted by Crippen LogP contribution is 2.22. The molecule has 0 radical (unpaired) electrons. The molecule has 0 bridgehead atoms. The Morgan fingerprint density at radius 3 is 2.58 bits per heavy atom. The summed E-state index contributed by atoms with van der Waals surface area (Å²) < 4.78 is 0. The van der Waals surface area contributed by atoms with Crippen molar-refractivity contribution in [2.45, 2.75) is 20.4 Å². The number of aromatic nitrogens is 1. The third-order valence-electron chi connectivity index (χ3n) is 4.11. The summed E-state index contributed by atoms with van der Waals surface area (Å²) in [7, 11) is 0. The number of rotatable bonds is 4. The first-order chi connectivity index (χ1) is 12.5. The highest BCUT2D eigenvalue weighted by atomic mass is 16.2. The molecule has 1 N–H and O–H groups in total. The van der Waals surface area contributed by atoms with Gasteiger partial charge in [0, 0.05) is 18.1 Å². The van der Waals surface area contributed by atoms with Crippen LogP contribution in [0, 0.1) is 12.8 Å². The van der Waals surface area contributed by atoms with E-state index in [1.54, 1.807) is 49.6 Å². The number of hydrogen-bond donors (Lipinski definition) is 1. The summed E-state index contributed by atoms with van der Waals surface area (Å²) in [6.07, 6.45) is 3.32. The third-order valence-corrected chi connectivity index (χ3v) is 4.11.